The number of nitrogens with zero attached hydrogens (tertiary/aromatic N) is 2. The zero-order chi connectivity index (χ0) is 19.7. The molecule has 0 amide bonds. The van der Waals surface area contributed by atoms with E-state index in [1.54, 1.807) is 0 Å². The van der Waals surface area contributed by atoms with Gasteiger partial charge in [0.2, 0.25) is 0 Å². The maximum atomic E-state index is 12.6. The average molecular weight is 406 g/mol. The third-order valence-corrected chi connectivity index (χ3v) is 5.51. The van der Waals surface area contributed by atoms with E-state index in [1.165, 1.54) is 30.5 Å². The quantitative estimate of drug-likeness (QED) is 0.712. The van der Waals surface area contributed by atoms with Gasteiger partial charge < -0.3 is 0 Å². The van der Waals surface area contributed by atoms with Crippen LogP contribution in [0.25, 0.3) is 11.1 Å². The SMILES string of the molecule is CC(C)Sc1c(-c2ccc(S(C)(=O)=O)cc2)cnn(CC(F)(F)F)c1=O. The van der Waals surface area contributed by atoms with Gasteiger partial charge in [0.25, 0.3) is 5.56 Å². The lowest BCUT2D eigenvalue weighted by Gasteiger charge is -2.14. The zero-order valence-electron chi connectivity index (χ0n) is 14.2. The van der Waals surface area contributed by atoms with Crippen LogP contribution >= 0.6 is 11.8 Å². The smallest absolute Gasteiger partial charge is 0.266 e. The van der Waals surface area contributed by atoms with E-state index in [4.69, 9.17) is 0 Å². The Labute approximate surface area is 153 Å². The number of hydrogen-bond acceptors (Lipinski definition) is 5. The summed E-state index contributed by atoms with van der Waals surface area (Å²) in [7, 11) is -3.38. The van der Waals surface area contributed by atoms with E-state index < -0.39 is 28.1 Å². The van der Waals surface area contributed by atoms with Crippen LogP contribution in [-0.2, 0) is 16.4 Å². The Morgan fingerprint density at radius 1 is 1.19 bits per heavy atom. The average Bonchev–Trinajstić information content (AvgIpc) is 2.49. The molecule has 0 fully saturated rings. The molecular weight excluding hydrogens is 389 g/mol. The Bertz CT molecular complexity index is 950. The molecule has 26 heavy (non-hydrogen) atoms. The minimum absolute atomic E-state index is 0.0431. The van der Waals surface area contributed by atoms with Crippen LogP contribution in [0.15, 0.2) is 45.0 Å². The largest absolute Gasteiger partial charge is 0.408 e. The Morgan fingerprint density at radius 2 is 1.77 bits per heavy atom. The van der Waals surface area contributed by atoms with E-state index in [-0.39, 0.29) is 15.0 Å². The maximum Gasteiger partial charge on any atom is 0.408 e. The molecule has 1 aromatic carbocycles. The van der Waals surface area contributed by atoms with Gasteiger partial charge in [-0.05, 0) is 17.7 Å². The summed E-state index contributed by atoms with van der Waals surface area (Å²) in [5.41, 5.74) is 0.0437. The van der Waals surface area contributed by atoms with Gasteiger partial charge >= 0.3 is 6.18 Å². The topological polar surface area (TPSA) is 69.0 Å². The molecule has 2 rings (SSSR count). The lowest BCUT2D eigenvalue weighted by molar-refractivity contribution is -0.143. The standard InChI is InChI=1S/C16H17F3N2O3S2/c1-10(2)25-14-13(8-20-21(15(14)22)9-16(17,18)19)11-4-6-12(7-5-11)26(3,23)24/h4-8,10H,9H2,1-3H3. The third-order valence-electron chi connectivity index (χ3n) is 3.28. The molecule has 0 saturated carbocycles. The van der Waals surface area contributed by atoms with Crippen molar-refractivity contribution in [2.45, 2.75) is 41.6 Å². The van der Waals surface area contributed by atoms with Crippen molar-refractivity contribution in [1.82, 2.24) is 9.78 Å². The zero-order valence-corrected chi connectivity index (χ0v) is 15.9. The first-order valence-corrected chi connectivity index (χ1v) is 10.3. The van der Waals surface area contributed by atoms with Crippen molar-refractivity contribution in [3.05, 3.63) is 40.8 Å². The summed E-state index contributed by atoms with van der Waals surface area (Å²) in [4.78, 5) is 12.7. The second-order valence-electron chi connectivity index (χ2n) is 5.93. The van der Waals surface area contributed by atoms with Crippen LogP contribution in [0.2, 0.25) is 0 Å². The number of hydrogen-bond donors (Lipinski definition) is 0. The van der Waals surface area contributed by atoms with Gasteiger partial charge in [-0.15, -0.1) is 11.8 Å². The fourth-order valence-corrected chi connectivity index (χ4v) is 3.80. The highest BCUT2D eigenvalue weighted by Gasteiger charge is 2.30. The molecule has 2 aromatic rings. The molecule has 0 unspecified atom stereocenters. The van der Waals surface area contributed by atoms with Crippen LogP contribution in [0.5, 0.6) is 0 Å². The van der Waals surface area contributed by atoms with Crippen LogP contribution in [0.3, 0.4) is 0 Å². The van der Waals surface area contributed by atoms with Gasteiger partial charge in [-0.1, -0.05) is 26.0 Å². The fourth-order valence-electron chi connectivity index (χ4n) is 2.19. The van der Waals surface area contributed by atoms with E-state index in [0.717, 1.165) is 18.0 Å². The number of benzene rings is 1. The number of rotatable bonds is 5. The van der Waals surface area contributed by atoms with Crippen molar-refractivity contribution in [3.63, 3.8) is 0 Å². The molecule has 0 spiro atoms. The van der Waals surface area contributed by atoms with Gasteiger partial charge in [-0.25, -0.2) is 13.1 Å². The number of halogens is 3. The van der Waals surface area contributed by atoms with Crippen molar-refractivity contribution < 1.29 is 21.6 Å². The van der Waals surface area contributed by atoms with Crippen LogP contribution in [0, 0.1) is 0 Å². The van der Waals surface area contributed by atoms with Crippen LogP contribution in [0.4, 0.5) is 13.2 Å². The molecule has 0 aliphatic carbocycles. The first kappa shape index (κ1) is 20.5. The van der Waals surface area contributed by atoms with Crippen molar-refractivity contribution in [3.8, 4) is 11.1 Å². The third kappa shape index (κ3) is 5.10. The molecule has 0 saturated heterocycles. The second kappa shape index (κ2) is 7.43. The number of aromatic nitrogens is 2. The van der Waals surface area contributed by atoms with E-state index in [1.807, 2.05) is 13.8 Å². The predicted octanol–water partition coefficient (Wildman–Crippen LogP) is 3.38. The molecule has 0 N–H and O–H groups in total. The normalized spacial score (nSPS) is 12.6. The molecule has 0 aliphatic heterocycles. The summed E-state index contributed by atoms with van der Waals surface area (Å²) in [6, 6.07) is 5.78. The summed E-state index contributed by atoms with van der Waals surface area (Å²) < 4.78 is 61.4. The molecule has 0 bridgehead atoms. The van der Waals surface area contributed by atoms with Gasteiger partial charge in [0, 0.05) is 17.1 Å². The van der Waals surface area contributed by atoms with Crippen molar-refractivity contribution >= 4 is 21.6 Å². The molecule has 142 valence electrons. The molecule has 0 atom stereocenters. The number of sulfone groups is 1. The summed E-state index contributed by atoms with van der Waals surface area (Å²) >= 11 is 1.14. The Balaban J connectivity index is 2.57. The first-order chi connectivity index (χ1) is 11.9. The van der Waals surface area contributed by atoms with Gasteiger partial charge in [-0.3, -0.25) is 4.79 Å². The minimum Gasteiger partial charge on any atom is -0.266 e. The molecule has 1 aromatic heterocycles. The highest BCUT2D eigenvalue weighted by molar-refractivity contribution is 8.00. The summed E-state index contributed by atoms with van der Waals surface area (Å²) in [5.74, 6) is 0. The van der Waals surface area contributed by atoms with Gasteiger partial charge in [0.1, 0.15) is 6.54 Å². The molecule has 1 heterocycles. The second-order valence-corrected chi connectivity index (χ2v) is 9.53. The van der Waals surface area contributed by atoms with Gasteiger partial charge in [0.05, 0.1) is 16.0 Å². The molecule has 0 radical (unpaired) electrons. The van der Waals surface area contributed by atoms with Crippen molar-refractivity contribution in [1.29, 1.82) is 0 Å². The van der Waals surface area contributed by atoms with Crippen LogP contribution in [0.1, 0.15) is 13.8 Å². The maximum absolute atomic E-state index is 12.6. The van der Waals surface area contributed by atoms with E-state index >= 15 is 0 Å². The van der Waals surface area contributed by atoms with Crippen LogP contribution < -0.4 is 5.56 Å². The monoisotopic (exact) mass is 406 g/mol. The van der Waals surface area contributed by atoms with E-state index in [0.29, 0.717) is 15.8 Å². The summed E-state index contributed by atoms with van der Waals surface area (Å²) in [6.45, 7) is 2.16. The minimum atomic E-state index is -4.56. The molecular formula is C16H17F3N2O3S2. The Morgan fingerprint density at radius 3 is 2.23 bits per heavy atom. The summed E-state index contributed by atoms with van der Waals surface area (Å²) in [6.07, 6.45) is -2.29. The van der Waals surface area contributed by atoms with Crippen molar-refractivity contribution in [2.75, 3.05) is 6.26 Å². The highest BCUT2D eigenvalue weighted by atomic mass is 32.2. The Kier molecular flexibility index (Phi) is 5.86. The van der Waals surface area contributed by atoms with Gasteiger partial charge in [0.15, 0.2) is 9.84 Å². The molecule has 5 nitrogen and oxygen atoms in total. The highest BCUT2D eigenvalue weighted by Crippen LogP contribution is 2.31. The van der Waals surface area contributed by atoms with Crippen molar-refractivity contribution in [2.24, 2.45) is 0 Å². The number of thioether (sulfide) groups is 1. The lowest BCUT2D eigenvalue weighted by atomic mass is 10.1. The lowest BCUT2D eigenvalue weighted by Crippen LogP contribution is -2.31. The van der Waals surface area contributed by atoms with E-state index in [9.17, 15) is 26.4 Å². The number of alkyl halides is 3. The van der Waals surface area contributed by atoms with Gasteiger partial charge in [-0.2, -0.15) is 18.3 Å². The molecule has 0 aliphatic rings. The first-order valence-electron chi connectivity index (χ1n) is 7.52. The van der Waals surface area contributed by atoms with Crippen LogP contribution in [-0.4, -0.2) is 35.9 Å². The van der Waals surface area contributed by atoms with E-state index in [2.05, 4.69) is 5.10 Å². The summed E-state index contributed by atoms with van der Waals surface area (Å²) in [5, 5.41) is 3.59. The Hall–Kier alpha value is -1.81. The fraction of sp³-hybridized carbons (Fsp3) is 0.375. The molecule has 10 heteroatoms. The predicted molar refractivity (Wildman–Crippen MR) is 94.1 cm³/mol.